The van der Waals surface area contributed by atoms with E-state index in [2.05, 4.69) is 30.4 Å². The molecule has 0 spiro atoms. The molecule has 5 nitrogen and oxygen atoms in total. The molecule has 0 fully saturated rings. The Morgan fingerprint density at radius 3 is 2.71 bits per heavy atom. The summed E-state index contributed by atoms with van der Waals surface area (Å²) in [4.78, 5) is 14.5. The topological polar surface area (TPSA) is 60.5 Å². The second-order valence-corrected chi connectivity index (χ2v) is 3.48. The Bertz CT molecular complexity index is 425. The van der Waals surface area contributed by atoms with Crippen LogP contribution in [0.2, 0.25) is 0 Å². The van der Waals surface area contributed by atoms with Crippen LogP contribution in [0, 0.1) is 0 Å². The van der Waals surface area contributed by atoms with Crippen molar-refractivity contribution in [2.45, 2.75) is 6.36 Å². The molecule has 9 heteroatoms. The molecule has 1 heterocycles. The van der Waals surface area contributed by atoms with Gasteiger partial charge in [0.15, 0.2) is 5.75 Å². The number of nitrogens with one attached hydrogen (secondary N) is 1. The molecule has 1 aromatic heterocycles. The van der Waals surface area contributed by atoms with Gasteiger partial charge in [0.1, 0.15) is 10.3 Å². The Kier molecular flexibility index (Phi) is 4.16. The molecule has 0 saturated carbocycles. The molecule has 1 rings (SSSR count). The third-order valence-electron chi connectivity index (χ3n) is 1.48. The molecule has 0 saturated heterocycles. The van der Waals surface area contributed by atoms with Crippen LogP contribution in [0.25, 0.3) is 0 Å². The number of pyridine rings is 1. The highest BCUT2D eigenvalue weighted by atomic mass is 79.9. The maximum absolute atomic E-state index is 12.1. The van der Waals surface area contributed by atoms with Crippen LogP contribution in [0.4, 0.5) is 23.7 Å². The standard InChI is InChI=1S/C8H6BrF3N2O3/c1-16-7(15)14-4-3-13-6(9)2-5(4)17-8(10,11)12/h2-3H,1H3,(H,14,15). The number of halogens is 4. The number of carbonyl (C=O) groups excluding carboxylic acids is 1. The van der Waals surface area contributed by atoms with Gasteiger partial charge in [-0.15, -0.1) is 13.2 Å². The number of amides is 1. The van der Waals surface area contributed by atoms with E-state index in [9.17, 15) is 18.0 Å². The van der Waals surface area contributed by atoms with E-state index in [0.29, 0.717) is 0 Å². The second kappa shape index (κ2) is 5.21. The predicted molar refractivity (Wildman–Crippen MR) is 54.6 cm³/mol. The summed E-state index contributed by atoms with van der Waals surface area (Å²) in [5, 5.41) is 2.04. The molecule has 0 aliphatic heterocycles. The fourth-order valence-electron chi connectivity index (χ4n) is 0.877. The van der Waals surface area contributed by atoms with Crippen molar-refractivity contribution < 1.29 is 27.4 Å². The monoisotopic (exact) mass is 314 g/mol. The van der Waals surface area contributed by atoms with Gasteiger partial charge in [0, 0.05) is 6.07 Å². The summed E-state index contributed by atoms with van der Waals surface area (Å²) < 4.78 is 44.3. The summed E-state index contributed by atoms with van der Waals surface area (Å²) in [6.07, 6.45) is -4.80. The number of anilines is 1. The van der Waals surface area contributed by atoms with Gasteiger partial charge in [-0.05, 0) is 15.9 Å². The number of ether oxygens (including phenoxy) is 2. The Morgan fingerprint density at radius 1 is 1.53 bits per heavy atom. The fraction of sp³-hybridized carbons (Fsp3) is 0.250. The Morgan fingerprint density at radius 2 is 2.18 bits per heavy atom. The van der Waals surface area contributed by atoms with Crippen LogP contribution in [-0.2, 0) is 4.74 Å². The molecule has 1 amide bonds. The highest BCUT2D eigenvalue weighted by Gasteiger charge is 2.32. The van der Waals surface area contributed by atoms with Gasteiger partial charge in [0.2, 0.25) is 0 Å². The van der Waals surface area contributed by atoms with Gasteiger partial charge in [-0.25, -0.2) is 9.78 Å². The zero-order valence-electron chi connectivity index (χ0n) is 8.34. The summed E-state index contributed by atoms with van der Waals surface area (Å²) in [6.45, 7) is 0. The quantitative estimate of drug-likeness (QED) is 0.853. The molecule has 0 unspecified atom stereocenters. The summed E-state index contributed by atoms with van der Waals surface area (Å²) in [5.74, 6) is -0.593. The number of methoxy groups -OCH3 is 1. The third kappa shape index (κ3) is 4.47. The SMILES string of the molecule is COC(=O)Nc1cnc(Br)cc1OC(F)(F)F. The van der Waals surface area contributed by atoms with Crippen molar-refractivity contribution in [2.75, 3.05) is 12.4 Å². The minimum atomic E-state index is -4.87. The zero-order chi connectivity index (χ0) is 13.1. The van der Waals surface area contributed by atoms with Crippen molar-refractivity contribution in [3.63, 3.8) is 0 Å². The minimum Gasteiger partial charge on any atom is -0.453 e. The molecule has 0 radical (unpaired) electrons. The fourth-order valence-corrected chi connectivity index (χ4v) is 1.19. The van der Waals surface area contributed by atoms with Crippen LogP contribution in [0.1, 0.15) is 0 Å². The summed E-state index contributed by atoms with van der Waals surface area (Å²) in [5.41, 5.74) is -0.252. The first kappa shape index (κ1) is 13.6. The summed E-state index contributed by atoms with van der Waals surface area (Å²) >= 11 is 2.88. The molecule has 1 aromatic rings. The molecular formula is C8H6BrF3N2O3. The highest BCUT2D eigenvalue weighted by Crippen LogP contribution is 2.31. The van der Waals surface area contributed by atoms with Crippen molar-refractivity contribution in [1.29, 1.82) is 0 Å². The number of nitrogens with zero attached hydrogens (tertiary/aromatic N) is 1. The summed E-state index contributed by atoms with van der Waals surface area (Å²) in [7, 11) is 1.08. The Balaban J connectivity index is 2.99. The second-order valence-electron chi connectivity index (χ2n) is 2.67. The lowest BCUT2D eigenvalue weighted by molar-refractivity contribution is -0.274. The van der Waals surface area contributed by atoms with Crippen molar-refractivity contribution in [3.05, 3.63) is 16.9 Å². The number of hydrogen-bond donors (Lipinski definition) is 1. The smallest absolute Gasteiger partial charge is 0.453 e. The molecule has 0 aliphatic carbocycles. The predicted octanol–water partition coefficient (Wildman–Crippen LogP) is 2.92. The van der Waals surface area contributed by atoms with Crippen molar-refractivity contribution in [1.82, 2.24) is 4.98 Å². The van der Waals surface area contributed by atoms with E-state index in [-0.39, 0.29) is 10.3 Å². The Hall–Kier alpha value is -1.51. The average molecular weight is 315 g/mol. The zero-order valence-corrected chi connectivity index (χ0v) is 9.92. The van der Waals surface area contributed by atoms with Gasteiger partial charge < -0.3 is 9.47 Å². The molecule has 17 heavy (non-hydrogen) atoms. The molecule has 1 N–H and O–H groups in total. The molecule has 0 bridgehead atoms. The van der Waals surface area contributed by atoms with Crippen LogP contribution in [0.5, 0.6) is 5.75 Å². The lowest BCUT2D eigenvalue weighted by Crippen LogP contribution is -2.19. The van der Waals surface area contributed by atoms with Gasteiger partial charge in [0.25, 0.3) is 0 Å². The number of alkyl halides is 3. The summed E-state index contributed by atoms with van der Waals surface area (Å²) in [6, 6.07) is 0.971. The van der Waals surface area contributed by atoms with Gasteiger partial charge in [0.05, 0.1) is 13.3 Å². The average Bonchev–Trinajstić information content (AvgIpc) is 2.19. The highest BCUT2D eigenvalue weighted by molar-refractivity contribution is 9.10. The number of aromatic nitrogens is 1. The first-order chi connectivity index (χ1) is 7.81. The largest absolute Gasteiger partial charge is 0.573 e. The molecule has 0 aliphatic rings. The molecule has 0 atom stereocenters. The van der Waals surface area contributed by atoms with E-state index in [0.717, 1.165) is 19.4 Å². The molecule has 0 aromatic carbocycles. The number of hydrogen-bond acceptors (Lipinski definition) is 4. The number of carbonyl (C=O) groups is 1. The normalized spacial score (nSPS) is 10.9. The van der Waals surface area contributed by atoms with E-state index >= 15 is 0 Å². The Labute approximate surface area is 102 Å². The van der Waals surface area contributed by atoms with Gasteiger partial charge in [-0.1, -0.05) is 0 Å². The van der Waals surface area contributed by atoms with Crippen molar-refractivity contribution in [2.24, 2.45) is 0 Å². The lowest BCUT2D eigenvalue weighted by Gasteiger charge is -2.13. The van der Waals surface area contributed by atoms with E-state index < -0.39 is 18.2 Å². The van der Waals surface area contributed by atoms with Gasteiger partial charge in [-0.2, -0.15) is 0 Å². The van der Waals surface area contributed by atoms with Gasteiger partial charge in [-0.3, -0.25) is 5.32 Å². The maximum atomic E-state index is 12.1. The third-order valence-corrected chi connectivity index (χ3v) is 1.91. The van der Waals surface area contributed by atoms with E-state index in [1.54, 1.807) is 0 Å². The van der Waals surface area contributed by atoms with E-state index in [4.69, 9.17) is 0 Å². The molecule has 94 valence electrons. The maximum Gasteiger partial charge on any atom is 0.573 e. The number of rotatable bonds is 2. The molecular weight excluding hydrogens is 309 g/mol. The van der Waals surface area contributed by atoms with E-state index in [1.165, 1.54) is 0 Å². The van der Waals surface area contributed by atoms with Crippen LogP contribution in [0.15, 0.2) is 16.9 Å². The van der Waals surface area contributed by atoms with Gasteiger partial charge >= 0.3 is 12.5 Å². The van der Waals surface area contributed by atoms with Crippen molar-refractivity contribution >= 4 is 27.7 Å². The van der Waals surface area contributed by atoms with Crippen LogP contribution in [0.3, 0.4) is 0 Å². The first-order valence-electron chi connectivity index (χ1n) is 4.08. The van der Waals surface area contributed by atoms with Crippen LogP contribution in [-0.4, -0.2) is 24.5 Å². The van der Waals surface area contributed by atoms with E-state index in [1.807, 2.05) is 5.32 Å². The lowest BCUT2D eigenvalue weighted by atomic mass is 10.4. The van der Waals surface area contributed by atoms with Crippen molar-refractivity contribution in [3.8, 4) is 5.75 Å². The van der Waals surface area contributed by atoms with Crippen LogP contribution >= 0.6 is 15.9 Å². The first-order valence-corrected chi connectivity index (χ1v) is 4.87. The minimum absolute atomic E-state index is 0.132. The van der Waals surface area contributed by atoms with Crippen LogP contribution < -0.4 is 10.1 Å².